The van der Waals surface area contributed by atoms with Crippen LogP contribution in [0.15, 0.2) is 24.3 Å². The summed E-state index contributed by atoms with van der Waals surface area (Å²) in [6.07, 6.45) is -1.76. The highest BCUT2D eigenvalue weighted by Crippen LogP contribution is 2.31. The fourth-order valence-electron chi connectivity index (χ4n) is 4.06. The second-order valence-corrected chi connectivity index (χ2v) is 7.42. The molecule has 0 saturated carbocycles. The number of rotatable bonds is 5. The number of hydrogen-bond donors (Lipinski definition) is 4. The number of amides is 2. The number of benzene rings is 1. The molecular formula is C19H25F3N4O2. The van der Waals surface area contributed by atoms with E-state index in [-0.39, 0.29) is 23.6 Å². The molecule has 4 N–H and O–H groups in total. The molecule has 2 aliphatic heterocycles. The molecule has 2 amide bonds. The molecule has 0 bridgehead atoms. The minimum absolute atomic E-state index is 0.127. The summed E-state index contributed by atoms with van der Waals surface area (Å²) in [5.74, 6) is -0.684. The molecule has 1 aromatic rings. The molecule has 1 atom stereocenters. The maximum atomic E-state index is 12.8. The zero-order chi connectivity index (χ0) is 20.2. The highest BCUT2D eigenvalue weighted by Gasteiger charge is 2.42. The first-order valence-corrected chi connectivity index (χ1v) is 9.48. The summed E-state index contributed by atoms with van der Waals surface area (Å²) in [7, 11) is 0. The van der Waals surface area contributed by atoms with Crippen LogP contribution in [0.25, 0.3) is 0 Å². The van der Waals surface area contributed by atoms with E-state index in [0.29, 0.717) is 12.5 Å². The second-order valence-electron chi connectivity index (χ2n) is 7.42. The molecule has 2 fully saturated rings. The lowest BCUT2D eigenvalue weighted by atomic mass is 9.77. The Morgan fingerprint density at radius 3 is 2.54 bits per heavy atom. The Bertz CT molecular complexity index is 711. The van der Waals surface area contributed by atoms with Gasteiger partial charge in [0.2, 0.25) is 5.91 Å². The first-order valence-electron chi connectivity index (χ1n) is 9.48. The normalized spacial score (nSPS) is 23.4. The summed E-state index contributed by atoms with van der Waals surface area (Å²) >= 11 is 0. The van der Waals surface area contributed by atoms with Gasteiger partial charge in [0.05, 0.1) is 17.6 Å². The number of piperidine rings is 1. The van der Waals surface area contributed by atoms with Crippen molar-refractivity contribution in [2.24, 2.45) is 5.92 Å². The lowest BCUT2D eigenvalue weighted by Crippen LogP contribution is -2.58. The van der Waals surface area contributed by atoms with Crippen LogP contribution in [0.1, 0.15) is 35.2 Å². The van der Waals surface area contributed by atoms with Crippen LogP contribution in [0.3, 0.4) is 0 Å². The van der Waals surface area contributed by atoms with Crippen molar-refractivity contribution in [3.8, 4) is 0 Å². The Kier molecular flexibility index (Phi) is 6.24. The van der Waals surface area contributed by atoms with Crippen molar-refractivity contribution in [2.75, 3.05) is 32.7 Å². The fourth-order valence-corrected chi connectivity index (χ4v) is 4.06. The molecule has 6 nitrogen and oxygen atoms in total. The first kappa shape index (κ1) is 20.6. The van der Waals surface area contributed by atoms with Crippen LogP contribution in [-0.2, 0) is 11.0 Å². The summed E-state index contributed by atoms with van der Waals surface area (Å²) in [5, 5.41) is 12.1. The Morgan fingerprint density at radius 2 is 1.89 bits per heavy atom. The van der Waals surface area contributed by atoms with Gasteiger partial charge in [-0.1, -0.05) is 6.07 Å². The van der Waals surface area contributed by atoms with E-state index in [1.165, 1.54) is 12.1 Å². The molecule has 9 heteroatoms. The molecule has 1 aromatic carbocycles. The highest BCUT2D eigenvalue weighted by molar-refractivity contribution is 5.96. The molecule has 0 aliphatic carbocycles. The summed E-state index contributed by atoms with van der Waals surface area (Å²) in [6.45, 7) is 3.05. The van der Waals surface area contributed by atoms with Gasteiger partial charge in [-0.15, -0.1) is 0 Å². The van der Waals surface area contributed by atoms with Gasteiger partial charge in [0.15, 0.2) is 0 Å². The topological polar surface area (TPSA) is 82.3 Å². The SMILES string of the molecule is O=C(CNC(=O)c1cccc(C(F)(F)F)c1)N[C@@]1(C2CCNCC2)CCNC1. The van der Waals surface area contributed by atoms with Crippen LogP contribution < -0.4 is 21.3 Å². The number of nitrogens with one attached hydrogen (secondary N) is 4. The van der Waals surface area contributed by atoms with Crippen molar-refractivity contribution in [3.63, 3.8) is 0 Å². The predicted molar refractivity (Wildman–Crippen MR) is 97.7 cm³/mol. The predicted octanol–water partition coefficient (Wildman–Crippen LogP) is 1.28. The lowest BCUT2D eigenvalue weighted by Gasteiger charge is -2.40. The molecule has 28 heavy (non-hydrogen) atoms. The van der Waals surface area contributed by atoms with Gasteiger partial charge >= 0.3 is 6.18 Å². The molecule has 3 rings (SSSR count). The van der Waals surface area contributed by atoms with Gasteiger partial charge in [-0.25, -0.2) is 0 Å². The van der Waals surface area contributed by atoms with E-state index >= 15 is 0 Å². The van der Waals surface area contributed by atoms with Crippen LogP contribution in [0.4, 0.5) is 13.2 Å². The van der Waals surface area contributed by atoms with Gasteiger partial charge in [0, 0.05) is 12.1 Å². The van der Waals surface area contributed by atoms with Gasteiger partial charge < -0.3 is 21.3 Å². The van der Waals surface area contributed by atoms with Crippen LogP contribution in [-0.4, -0.2) is 50.1 Å². The third-order valence-corrected chi connectivity index (χ3v) is 5.56. The molecule has 2 aliphatic rings. The second kappa shape index (κ2) is 8.48. The fraction of sp³-hybridized carbons (Fsp3) is 0.579. The van der Waals surface area contributed by atoms with Gasteiger partial charge in [0.25, 0.3) is 5.91 Å². The largest absolute Gasteiger partial charge is 0.416 e. The number of halogens is 3. The first-order chi connectivity index (χ1) is 13.3. The molecule has 154 valence electrons. The van der Waals surface area contributed by atoms with Crippen molar-refractivity contribution in [1.29, 1.82) is 0 Å². The van der Waals surface area contributed by atoms with E-state index in [0.717, 1.165) is 51.0 Å². The van der Waals surface area contributed by atoms with E-state index in [4.69, 9.17) is 0 Å². The monoisotopic (exact) mass is 398 g/mol. The average Bonchev–Trinajstić information content (AvgIpc) is 3.16. The average molecular weight is 398 g/mol. The smallest absolute Gasteiger partial charge is 0.348 e. The van der Waals surface area contributed by atoms with Crippen molar-refractivity contribution >= 4 is 11.8 Å². The van der Waals surface area contributed by atoms with E-state index < -0.39 is 17.6 Å². The zero-order valence-electron chi connectivity index (χ0n) is 15.5. The molecule has 0 unspecified atom stereocenters. The zero-order valence-corrected chi connectivity index (χ0v) is 15.5. The van der Waals surface area contributed by atoms with Gasteiger partial charge in [-0.05, 0) is 63.0 Å². The lowest BCUT2D eigenvalue weighted by molar-refractivity contribution is -0.137. The molecular weight excluding hydrogens is 373 g/mol. The highest BCUT2D eigenvalue weighted by atomic mass is 19.4. The van der Waals surface area contributed by atoms with E-state index in [9.17, 15) is 22.8 Å². The van der Waals surface area contributed by atoms with Gasteiger partial charge in [-0.2, -0.15) is 13.2 Å². The minimum Gasteiger partial charge on any atom is -0.348 e. The Labute approximate surface area is 161 Å². The molecule has 0 radical (unpaired) electrons. The van der Waals surface area contributed by atoms with Crippen molar-refractivity contribution < 1.29 is 22.8 Å². The quantitative estimate of drug-likeness (QED) is 0.602. The number of carbonyl (C=O) groups excluding carboxylic acids is 2. The Morgan fingerprint density at radius 1 is 1.14 bits per heavy atom. The Hall–Kier alpha value is -2.13. The Balaban J connectivity index is 1.58. The van der Waals surface area contributed by atoms with Crippen molar-refractivity contribution in [2.45, 2.75) is 31.0 Å². The van der Waals surface area contributed by atoms with E-state index in [1.54, 1.807) is 0 Å². The summed E-state index contributed by atoms with van der Waals surface area (Å²) < 4.78 is 38.4. The standard InChI is InChI=1S/C19H25F3N4O2/c20-19(21,22)15-3-1-2-13(10-15)17(28)25-11-16(27)26-18(6-9-24-12-18)14-4-7-23-8-5-14/h1-3,10,14,23-24H,4-9,11-12H2,(H,25,28)(H,26,27)/t18-/m0/s1. The summed E-state index contributed by atoms with van der Waals surface area (Å²) in [6, 6.07) is 4.15. The number of hydrogen-bond acceptors (Lipinski definition) is 4. The van der Waals surface area contributed by atoms with Gasteiger partial charge in [0.1, 0.15) is 0 Å². The number of carbonyl (C=O) groups is 2. The van der Waals surface area contributed by atoms with Crippen molar-refractivity contribution in [1.82, 2.24) is 21.3 Å². The molecule has 2 heterocycles. The van der Waals surface area contributed by atoms with Crippen molar-refractivity contribution in [3.05, 3.63) is 35.4 Å². The molecule has 0 spiro atoms. The third-order valence-electron chi connectivity index (χ3n) is 5.56. The summed E-state index contributed by atoms with van der Waals surface area (Å²) in [5.41, 5.74) is -1.36. The van der Waals surface area contributed by atoms with E-state index in [2.05, 4.69) is 21.3 Å². The van der Waals surface area contributed by atoms with E-state index in [1.807, 2.05) is 0 Å². The van der Waals surface area contributed by atoms with Crippen LogP contribution in [0, 0.1) is 5.92 Å². The minimum atomic E-state index is -4.52. The van der Waals surface area contributed by atoms with Crippen LogP contribution >= 0.6 is 0 Å². The van der Waals surface area contributed by atoms with Crippen LogP contribution in [0.2, 0.25) is 0 Å². The molecule has 0 aromatic heterocycles. The number of alkyl halides is 3. The van der Waals surface area contributed by atoms with Crippen LogP contribution in [0.5, 0.6) is 0 Å². The third kappa shape index (κ3) is 4.82. The maximum Gasteiger partial charge on any atom is 0.416 e. The maximum absolute atomic E-state index is 12.8. The van der Waals surface area contributed by atoms with Gasteiger partial charge in [-0.3, -0.25) is 9.59 Å². The summed E-state index contributed by atoms with van der Waals surface area (Å²) in [4.78, 5) is 24.6. The molecule has 2 saturated heterocycles.